The van der Waals surface area contributed by atoms with Crippen molar-refractivity contribution in [2.45, 2.75) is 31.8 Å². The summed E-state index contributed by atoms with van der Waals surface area (Å²) in [5.41, 5.74) is 1.15. The standard InChI is InChI=1S/C16H21N3/c1-2-5-15-13(4-1)8-11-19-16(15)12-17-9-3-10-18-14-6-7-14/h1-2,4-5,8,11,14,17-18H,3,6-7,9-10,12H2. The lowest BCUT2D eigenvalue weighted by molar-refractivity contribution is 0.590. The number of pyridine rings is 1. The topological polar surface area (TPSA) is 37.0 Å². The summed E-state index contributed by atoms with van der Waals surface area (Å²) in [6.07, 6.45) is 5.82. The fourth-order valence-corrected chi connectivity index (χ4v) is 2.34. The number of nitrogens with one attached hydrogen (secondary N) is 2. The zero-order chi connectivity index (χ0) is 12.9. The third kappa shape index (κ3) is 3.52. The summed E-state index contributed by atoms with van der Waals surface area (Å²) in [5, 5.41) is 9.54. The van der Waals surface area contributed by atoms with E-state index in [4.69, 9.17) is 0 Å². The van der Waals surface area contributed by atoms with E-state index in [1.165, 1.54) is 30.0 Å². The number of aromatic nitrogens is 1. The van der Waals surface area contributed by atoms with Gasteiger partial charge in [-0.15, -0.1) is 0 Å². The summed E-state index contributed by atoms with van der Waals surface area (Å²) < 4.78 is 0. The third-order valence-corrected chi connectivity index (χ3v) is 3.59. The van der Waals surface area contributed by atoms with Crippen LogP contribution in [0, 0.1) is 0 Å². The minimum absolute atomic E-state index is 0.819. The van der Waals surface area contributed by atoms with E-state index in [2.05, 4.69) is 45.9 Å². The predicted molar refractivity (Wildman–Crippen MR) is 79.1 cm³/mol. The van der Waals surface area contributed by atoms with Crippen molar-refractivity contribution in [2.75, 3.05) is 13.1 Å². The number of nitrogens with zero attached hydrogens (tertiary/aromatic N) is 1. The lowest BCUT2D eigenvalue weighted by Crippen LogP contribution is -2.23. The molecular weight excluding hydrogens is 234 g/mol. The molecule has 0 saturated heterocycles. The molecule has 0 unspecified atom stereocenters. The molecule has 0 spiro atoms. The zero-order valence-corrected chi connectivity index (χ0v) is 11.2. The molecule has 1 aliphatic carbocycles. The first-order valence-electron chi connectivity index (χ1n) is 7.20. The van der Waals surface area contributed by atoms with E-state index in [-0.39, 0.29) is 0 Å². The number of fused-ring (bicyclic) bond motifs is 1. The van der Waals surface area contributed by atoms with Crippen molar-refractivity contribution in [3.8, 4) is 0 Å². The van der Waals surface area contributed by atoms with Crippen LogP contribution >= 0.6 is 0 Å². The second-order valence-electron chi connectivity index (χ2n) is 5.24. The van der Waals surface area contributed by atoms with Crippen LogP contribution < -0.4 is 10.6 Å². The van der Waals surface area contributed by atoms with Gasteiger partial charge in [0, 0.05) is 24.2 Å². The first kappa shape index (κ1) is 12.6. The maximum atomic E-state index is 4.48. The SMILES string of the molecule is c1ccc2c(CNCCCNC3CC3)nccc2c1. The van der Waals surface area contributed by atoms with Gasteiger partial charge in [-0.2, -0.15) is 0 Å². The molecule has 0 bridgehead atoms. The molecule has 1 saturated carbocycles. The second kappa shape index (κ2) is 6.13. The summed E-state index contributed by atoms with van der Waals surface area (Å²) in [4.78, 5) is 4.48. The van der Waals surface area contributed by atoms with Crippen LogP contribution in [0.15, 0.2) is 36.5 Å². The second-order valence-corrected chi connectivity index (χ2v) is 5.24. The smallest absolute Gasteiger partial charge is 0.0619 e. The molecule has 1 fully saturated rings. The van der Waals surface area contributed by atoms with Crippen LogP contribution in [-0.2, 0) is 6.54 Å². The summed E-state index contributed by atoms with van der Waals surface area (Å²) in [6.45, 7) is 3.02. The largest absolute Gasteiger partial charge is 0.314 e. The van der Waals surface area contributed by atoms with Gasteiger partial charge in [0.1, 0.15) is 0 Å². The van der Waals surface area contributed by atoms with Crippen molar-refractivity contribution in [3.63, 3.8) is 0 Å². The molecule has 19 heavy (non-hydrogen) atoms. The maximum absolute atomic E-state index is 4.48. The van der Waals surface area contributed by atoms with Gasteiger partial charge in [-0.05, 0) is 43.8 Å². The van der Waals surface area contributed by atoms with Gasteiger partial charge in [0.25, 0.3) is 0 Å². The van der Waals surface area contributed by atoms with E-state index < -0.39 is 0 Å². The Morgan fingerprint density at radius 2 is 2.00 bits per heavy atom. The van der Waals surface area contributed by atoms with Crippen molar-refractivity contribution in [1.29, 1.82) is 0 Å². The fourth-order valence-electron chi connectivity index (χ4n) is 2.34. The van der Waals surface area contributed by atoms with Gasteiger partial charge in [0.05, 0.1) is 5.69 Å². The van der Waals surface area contributed by atoms with Crippen LogP contribution in [0.5, 0.6) is 0 Å². The lowest BCUT2D eigenvalue weighted by Gasteiger charge is -2.07. The van der Waals surface area contributed by atoms with Crippen LogP contribution in [0.2, 0.25) is 0 Å². The molecule has 2 N–H and O–H groups in total. The van der Waals surface area contributed by atoms with Crippen LogP contribution in [-0.4, -0.2) is 24.1 Å². The van der Waals surface area contributed by atoms with Gasteiger partial charge in [0.15, 0.2) is 0 Å². The zero-order valence-electron chi connectivity index (χ0n) is 11.2. The highest BCUT2D eigenvalue weighted by Crippen LogP contribution is 2.18. The lowest BCUT2D eigenvalue weighted by atomic mass is 10.1. The molecular formula is C16H21N3. The Kier molecular flexibility index (Phi) is 4.06. The highest BCUT2D eigenvalue weighted by Gasteiger charge is 2.19. The quantitative estimate of drug-likeness (QED) is 0.746. The first-order chi connectivity index (χ1) is 9.43. The molecule has 100 valence electrons. The normalized spacial score (nSPS) is 14.9. The number of benzene rings is 1. The first-order valence-corrected chi connectivity index (χ1v) is 7.20. The number of rotatable bonds is 7. The predicted octanol–water partition coefficient (Wildman–Crippen LogP) is 2.47. The van der Waals surface area contributed by atoms with E-state index in [1.54, 1.807) is 0 Å². The Morgan fingerprint density at radius 3 is 2.89 bits per heavy atom. The summed E-state index contributed by atoms with van der Waals surface area (Å²) in [5.74, 6) is 0. The van der Waals surface area contributed by atoms with E-state index >= 15 is 0 Å². The molecule has 0 atom stereocenters. The molecule has 0 radical (unpaired) electrons. The van der Waals surface area contributed by atoms with Gasteiger partial charge in [-0.3, -0.25) is 4.98 Å². The monoisotopic (exact) mass is 255 g/mol. The van der Waals surface area contributed by atoms with Crippen molar-refractivity contribution in [3.05, 3.63) is 42.2 Å². The minimum atomic E-state index is 0.819. The van der Waals surface area contributed by atoms with Crippen LogP contribution in [0.4, 0.5) is 0 Å². The molecule has 0 aliphatic heterocycles. The minimum Gasteiger partial charge on any atom is -0.314 e. The maximum Gasteiger partial charge on any atom is 0.0619 e. The number of hydrogen-bond acceptors (Lipinski definition) is 3. The number of hydrogen-bond donors (Lipinski definition) is 2. The highest BCUT2D eigenvalue weighted by molar-refractivity contribution is 5.84. The molecule has 0 amide bonds. The Labute approximate surface area is 114 Å². The molecule has 1 aliphatic rings. The van der Waals surface area contributed by atoms with Crippen LogP contribution in [0.1, 0.15) is 25.0 Å². The summed E-state index contributed by atoms with van der Waals surface area (Å²) in [7, 11) is 0. The van der Waals surface area contributed by atoms with Crippen molar-refractivity contribution >= 4 is 10.8 Å². The molecule has 1 aromatic carbocycles. The molecule has 3 rings (SSSR count). The molecule has 1 aromatic heterocycles. The Balaban J connectivity index is 1.47. The van der Waals surface area contributed by atoms with Gasteiger partial charge in [-0.1, -0.05) is 24.3 Å². The molecule has 3 heteroatoms. The van der Waals surface area contributed by atoms with Gasteiger partial charge >= 0.3 is 0 Å². The van der Waals surface area contributed by atoms with Crippen molar-refractivity contribution < 1.29 is 0 Å². The van der Waals surface area contributed by atoms with Crippen molar-refractivity contribution in [1.82, 2.24) is 15.6 Å². The summed E-state index contributed by atoms with van der Waals surface area (Å²) >= 11 is 0. The van der Waals surface area contributed by atoms with Gasteiger partial charge < -0.3 is 10.6 Å². The Hall–Kier alpha value is -1.45. The fraction of sp³-hybridized carbons (Fsp3) is 0.438. The summed E-state index contributed by atoms with van der Waals surface area (Å²) in [6, 6.07) is 11.3. The van der Waals surface area contributed by atoms with Gasteiger partial charge in [-0.25, -0.2) is 0 Å². The van der Waals surface area contributed by atoms with E-state index in [0.29, 0.717) is 0 Å². The molecule has 1 heterocycles. The average molecular weight is 255 g/mol. The van der Waals surface area contributed by atoms with Crippen LogP contribution in [0.25, 0.3) is 10.8 Å². The molecule has 3 nitrogen and oxygen atoms in total. The highest BCUT2D eigenvalue weighted by atomic mass is 15.0. The Morgan fingerprint density at radius 1 is 1.11 bits per heavy atom. The van der Waals surface area contributed by atoms with E-state index in [0.717, 1.165) is 31.4 Å². The van der Waals surface area contributed by atoms with Crippen molar-refractivity contribution in [2.24, 2.45) is 0 Å². The van der Waals surface area contributed by atoms with E-state index in [1.807, 2.05) is 6.20 Å². The van der Waals surface area contributed by atoms with E-state index in [9.17, 15) is 0 Å². The van der Waals surface area contributed by atoms with Gasteiger partial charge in [0.2, 0.25) is 0 Å². The third-order valence-electron chi connectivity index (χ3n) is 3.59. The molecule has 2 aromatic rings. The average Bonchev–Trinajstić information content (AvgIpc) is 3.27. The van der Waals surface area contributed by atoms with Crippen LogP contribution in [0.3, 0.4) is 0 Å². The Bertz CT molecular complexity index is 529.